The quantitative estimate of drug-likeness (QED) is 0.298. The Morgan fingerprint density at radius 3 is 2.61 bits per heavy atom. The molecule has 1 amide bonds. The Kier molecular flexibility index (Phi) is 7.60. The molecule has 1 fully saturated rings. The number of carbonyl (C=O) groups is 1. The van der Waals surface area contributed by atoms with E-state index in [4.69, 9.17) is 16.3 Å². The first kappa shape index (κ1) is 24.0. The molecule has 1 aromatic heterocycles. The number of fused-ring (bicyclic) bond motifs is 1. The van der Waals surface area contributed by atoms with Crippen molar-refractivity contribution < 1.29 is 9.53 Å². The van der Waals surface area contributed by atoms with Crippen LogP contribution in [0.15, 0.2) is 84.9 Å². The number of rotatable bonds is 8. The molecule has 2 N–H and O–H groups in total. The molecule has 182 valence electrons. The lowest BCUT2D eigenvalue weighted by Crippen LogP contribution is -2.46. The summed E-state index contributed by atoms with van der Waals surface area (Å²) in [6.07, 6.45) is 3.57. The molecule has 1 aliphatic heterocycles. The van der Waals surface area contributed by atoms with Crippen molar-refractivity contribution in [2.75, 3.05) is 13.1 Å². The van der Waals surface area contributed by atoms with Gasteiger partial charge in [0, 0.05) is 36.0 Å². The molecule has 36 heavy (non-hydrogen) atoms. The van der Waals surface area contributed by atoms with Crippen molar-refractivity contribution >= 4 is 40.1 Å². The van der Waals surface area contributed by atoms with Crippen LogP contribution in [0.1, 0.15) is 29.7 Å². The van der Waals surface area contributed by atoms with E-state index in [1.807, 2.05) is 60.7 Å². The molecule has 0 aliphatic carbocycles. The molecule has 3 aromatic carbocycles. The number of piperidine rings is 1. The van der Waals surface area contributed by atoms with Crippen LogP contribution in [0.4, 0.5) is 0 Å². The Morgan fingerprint density at radius 2 is 1.83 bits per heavy atom. The van der Waals surface area contributed by atoms with Crippen molar-refractivity contribution in [3.63, 3.8) is 0 Å². The van der Waals surface area contributed by atoms with Crippen LogP contribution in [-0.2, 0) is 11.4 Å². The zero-order valence-electron chi connectivity index (χ0n) is 19.9. The molecular formula is C30H28ClN3O2. The smallest absolute Gasteiger partial charge is 0.220 e. The summed E-state index contributed by atoms with van der Waals surface area (Å²) in [4.78, 5) is 16.2. The number of ether oxygens (including phenoxy) is 1. The monoisotopic (exact) mass is 497 g/mol. The molecule has 5 nitrogen and oxygen atoms in total. The highest BCUT2D eigenvalue weighted by Crippen LogP contribution is 2.23. The zero-order valence-corrected chi connectivity index (χ0v) is 20.7. The van der Waals surface area contributed by atoms with Crippen LogP contribution in [0.25, 0.3) is 22.6 Å². The van der Waals surface area contributed by atoms with E-state index in [0.29, 0.717) is 31.1 Å². The average Bonchev–Trinajstić information content (AvgIpc) is 2.92. The first-order chi connectivity index (χ1) is 17.6. The number of benzene rings is 3. The normalized spacial score (nSPS) is 16.1. The highest BCUT2D eigenvalue weighted by molar-refractivity contribution is 6.30. The van der Waals surface area contributed by atoms with Crippen LogP contribution in [0.2, 0.25) is 5.02 Å². The van der Waals surface area contributed by atoms with Crippen LogP contribution in [0.5, 0.6) is 5.75 Å². The number of pyridine rings is 1. The number of para-hydroxylation sites is 1. The third kappa shape index (κ3) is 6.30. The topological polar surface area (TPSA) is 63.2 Å². The summed E-state index contributed by atoms with van der Waals surface area (Å²) in [6, 6.07) is 28.4. The van der Waals surface area contributed by atoms with E-state index in [9.17, 15) is 4.79 Å². The first-order valence-corrected chi connectivity index (χ1v) is 12.5. The highest BCUT2D eigenvalue weighted by atomic mass is 35.5. The SMILES string of the molecule is O=C1CC[C@H](NCC(=Cc2ccc(Cl)cc2)c2ccc(OCc3ccc4ccccc4n3)cc2)CN1. The van der Waals surface area contributed by atoms with Gasteiger partial charge in [-0.2, -0.15) is 0 Å². The van der Waals surface area contributed by atoms with E-state index in [1.54, 1.807) is 0 Å². The second-order valence-electron chi connectivity index (χ2n) is 8.95. The van der Waals surface area contributed by atoms with Gasteiger partial charge < -0.3 is 15.4 Å². The lowest BCUT2D eigenvalue weighted by molar-refractivity contribution is -0.122. The molecule has 1 saturated heterocycles. The van der Waals surface area contributed by atoms with Gasteiger partial charge in [-0.05, 0) is 65.6 Å². The number of aromatic nitrogens is 1. The lowest BCUT2D eigenvalue weighted by atomic mass is 10.0. The summed E-state index contributed by atoms with van der Waals surface area (Å²) in [7, 11) is 0. The van der Waals surface area contributed by atoms with E-state index in [-0.39, 0.29) is 11.9 Å². The molecule has 0 spiro atoms. The maximum Gasteiger partial charge on any atom is 0.220 e. The first-order valence-electron chi connectivity index (χ1n) is 12.2. The summed E-state index contributed by atoms with van der Waals surface area (Å²) < 4.78 is 6.02. The number of nitrogens with one attached hydrogen (secondary N) is 2. The van der Waals surface area contributed by atoms with Crippen molar-refractivity contribution in [3.05, 3.63) is 107 Å². The third-order valence-electron chi connectivity index (χ3n) is 6.33. The molecule has 0 bridgehead atoms. The number of hydrogen-bond acceptors (Lipinski definition) is 4. The van der Waals surface area contributed by atoms with Crippen molar-refractivity contribution in [2.24, 2.45) is 0 Å². The minimum atomic E-state index is 0.124. The molecular weight excluding hydrogens is 470 g/mol. The summed E-state index contributed by atoms with van der Waals surface area (Å²) in [5.74, 6) is 0.918. The summed E-state index contributed by atoms with van der Waals surface area (Å²) in [5.41, 5.74) is 5.20. The second kappa shape index (κ2) is 11.4. The Balaban J connectivity index is 1.28. The maximum absolute atomic E-state index is 11.5. The minimum Gasteiger partial charge on any atom is -0.487 e. The van der Waals surface area contributed by atoms with E-state index >= 15 is 0 Å². The van der Waals surface area contributed by atoms with Crippen LogP contribution in [0.3, 0.4) is 0 Å². The van der Waals surface area contributed by atoms with Crippen molar-refractivity contribution in [2.45, 2.75) is 25.5 Å². The standard InChI is InChI=1S/C30H28ClN3O2/c31-25-10-5-21(6-11-25)17-24(18-32-26-13-16-30(35)33-19-26)22-8-14-28(15-9-22)36-20-27-12-7-23-3-1-2-4-29(23)34-27/h1-12,14-15,17,26,32H,13,16,18-20H2,(H,33,35)/t26-/m0/s1. The van der Waals surface area contributed by atoms with Crippen LogP contribution in [-0.4, -0.2) is 30.0 Å². The van der Waals surface area contributed by atoms with E-state index in [0.717, 1.165) is 45.5 Å². The van der Waals surface area contributed by atoms with Crippen molar-refractivity contribution in [1.82, 2.24) is 15.6 Å². The number of halogens is 1. The molecule has 0 unspecified atom stereocenters. The molecule has 5 rings (SSSR count). The summed E-state index contributed by atoms with van der Waals surface area (Å²) in [6.45, 7) is 1.75. The van der Waals surface area contributed by atoms with E-state index in [1.165, 1.54) is 0 Å². The molecule has 2 heterocycles. The number of carbonyl (C=O) groups excluding carboxylic acids is 1. The number of hydrogen-bond donors (Lipinski definition) is 2. The maximum atomic E-state index is 11.5. The number of amides is 1. The van der Waals surface area contributed by atoms with Gasteiger partial charge in [0.25, 0.3) is 0 Å². The second-order valence-corrected chi connectivity index (χ2v) is 9.39. The highest BCUT2D eigenvalue weighted by Gasteiger charge is 2.17. The lowest BCUT2D eigenvalue weighted by Gasteiger charge is -2.24. The molecule has 6 heteroatoms. The van der Waals surface area contributed by atoms with Crippen LogP contribution < -0.4 is 15.4 Å². The third-order valence-corrected chi connectivity index (χ3v) is 6.58. The Morgan fingerprint density at radius 1 is 1.03 bits per heavy atom. The van der Waals surface area contributed by atoms with Crippen LogP contribution in [0, 0.1) is 0 Å². The predicted octanol–water partition coefficient (Wildman–Crippen LogP) is 5.88. The van der Waals surface area contributed by atoms with Crippen molar-refractivity contribution in [1.29, 1.82) is 0 Å². The summed E-state index contributed by atoms with van der Waals surface area (Å²) >= 11 is 6.07. The Hall–Kier alpha value is -3.67. The van der Waals surface area contributed by atoms with Gasteiger partial charge in [-0.1, -0.05) is 60.1 Å². The van der Waals surface area contributed by atoms with Gasteiger partial charge >= 0.3 is 0 Å². The fourth-order valence-corrected chi connectivity index (χ4v) is 4.40. The Labute approximate surface area is 216 Å². The average molecular weight is 498 g/mol. The van der Waals surface area contributed by atoms with Crippen LogP contribution >= 0.6 is 11.6 Å². The fourth-order valence-electron chi connectivity index (χ4n) is 4.27. The molecule has 1 aliphatic rings. The zero-order chi connectivity index (χ0) is 24.7. The summed E-state index contributed by atoms with van der Waals surface area (Å²) in [5, 5.41) is 8.37. The van der Waals surface area contributed by atoms with E-state index < -0.39 is 0 Å². The van der Waals surface area contributed by atoms with Gasteiger partial charge in [-0.25, -0.2) is 4.98 Å². The van der Waals surface area contributed by atoms with Gasteiger partial charge in [0.1, 0.15) is 12.4 Å². The van der Waals surface area contributed by atoms with Gasteiger partial charge in [-0.3, -0.25) is 4.79 Å². The molecule has 0 radical (unpaired) electrons. The van der Waals surface area contributed by atoms with E-state index in [2.05, 4.69) is 46.0 Å². The van der Waals surface area contributed by atoms with Gasteiger partial charge in [0.05, 0.1) is 11.2 Å². The number of nitrogens with zero attached hydrogens (tertiary/aromatic N) is 1. The molecule has 4 aromatic rings. The molecule has 0 saturated carbocycles. The van der Waals surface area contributed by atoms with Gasteiger partial charge in [-0.15, -0.1) is 0 Å². The van der Waals surface area contributed by atoms with Gasteiger partial charge in [0.2, 0.25) is 5.91 Å². The Bertz CT molecular complexity index is 1360. The van der Waals surface area contributed by atoms with Gasteiger partial charge in [0.15, 0.2) is 0 Å². The van der Waals surface area contributed by atoms with Crippen molar-refractivity contribution in [3.8, 4) is 5.75 Å². The fraction of sp³-hybridized carbons (Fsp3) is 0.200. The molecule has 1 atom stereocenters. The largest absolute Gasteiger partial charge is 0.487 e. The predicted molar refractivity (Wildman–Crippen MR) is 146 cm³/mol. The minimum absolute atomic E-state index is 0.124.